The molecule has 0 rings (SSSR count). The predicted molar refractivity (Wildman–Crippen MR) is 18.7 cm³/mol. The number of rotatable bonds is 0. The largest absolute Gasteiger partial charge is 2.00 e. The first kappa shape index (κ1) is 15.7. The normalized spacial score (nSPS) is 2.40. The molecule has 0 unspecified atom stereocenters. The molecule has 0 atom stereocenters. The molecule has 5 heavy (non-hydrogen) atoms. The Hall–Kier alpha value is 2.44. The van der Waals surface area contributed by atoms with Crippen molar-refractivity contribution in [1.29, 1.82) is 5.41 Å². The standard InChI is InChI=1S/CH4N2.Cs.Pb/c2-1-3;;/h1H,(H3,2,3);;/q;+1;+2. The van der Waals surface area contributed by atoms with E-state index in [4.69, 9.17) is 5.41 Å². The smallest absolute Gasteiger partial charge is 0.390 e. The van der Waals surface area contributed by atoms with Crippen molar-refractivity contribution in [1.82, 2.24) is 0 Å². The number of nitrogens with two attached hydrogens (primary N) is 1. The Morgan fingerprint density at radius 3 is 1.60 bits per heavy atom. The summed E-state index contributed by atoms with van der Waals surface area (Å²) in [7, 11) is 0. The number of hydrogen-bond donors (Lipinski definition) is 2. The van der Waals surface area contributed by atoms with E-state index < -0.39 is 0 Å². The van der Waals surface area contributed by atoms with Gasteiger partial charge in [-0.1, -0.05) is 0 Å². The molecule has 0 aliphatic carbocycles. The minimum Gasteiger partial charge on any atom is -0.390 e. The SMILES string of the molecule is N=CN.[Cs+].[Pb+2]. The van der Waals surface area contributed by atoms with Crippen LogP contribution in [0.2, 0.25) is 0 Å². The Morgan fingerprint density at radius 1 is 1.60 bits per heavy atom. The average molecular weight is 384 g/mol. The summed E-state index contributed by atoms with van der Waals surface area (Å²) in [5, 5.41) is 5.86. The Balaban J connectivity index is -0.0000000200. The molecule has 3 N–H and O–H groups in total. The van der Waals surface area contributed by atoms with Gasteiger partial charge in [-0.3, -0.25) is 5.41 Å². The molecular formula is CH4CsN2Pb+3. The van der Waals surface area contributed by atoms with E-state index in [0.717, 1.165) is 6.34 Å². The summed E-state index contributed by atoms with van der Waals surface area (Å²) >= 11 is 0. The van der Waals surface area contributed by atoms with Gasteiger partial charge in [-0.05, 0) is 0 Å². The van der Waals surface area contributed by atoms with Gasteiger partial charge in [0.1, 0.15) is 0 Å². The van der Waals surface area contributed by atoms with Crippen molar-refractivity contribution in [3.63, 3.8) is 0 Å². The van der Waals surface area contributed by atoms with Crippen LogP contribution in [-0.4, -0.2) is 33.6 Å². The van der Waals surface area contributed by atoms with Crippen molar-refractivity contribution in [3.05, 3.63) is 0 Å². The zero-order chi connectivity index (χ0) is 2.71. The first-order chi connectivity index (χ1) is 1.41. The van der Waals surface area contributed by atoms with E-state index in [0.29, 0.717) is 0 Å². The van der Waals surface area contributed by atoms with Gasteiger partial charge in [0.15, 0.2) is 0 Å². The summed E-state index contributed by atoms with van der Waals surface area (Å²) in [6.45, 7) is 0. The van der Waals surface area contributed by atoms with Crippen LogP contribution in [0, 0.1) is 5.41 Å². The van der Waals surface area contributed by atoms with Crippen molar-refractivity contribution >= 4 is 33.6 Å². The van der Waals surface area contributed by atoms with Gasteiger partial charge in [0.05, 0.1) is 6.34 Å². The van der Waals surface area contributed by atoms with E-state index in [1.54, 1.807) is 0 Å². The van der Waals surface area contributed by atoms with E-state index in [1.807, 2.05) is 0 Å². The van der Waals surface area contributed by atoms with Crippen LogP contribution in [0.4, 0.5) is 0 Å². The summed E-state index contributed by atoms with van der Waals surface area (Å²) < 4.78 is 0. The molecule has 0 saturated heterocycles. The maximum atomic E-state index is 5.86. The van der Waals surface area contributed by atoms with Gasteiger partial charge in [-0.2, -0.15) is 0 Å². The molecule has 2 nitrogen and oxygen atoms in total. The zero-order valence-corrected chi connectivity index (χ0v) is 13.3. The van der Waals surface area contributed by atoms with E-state index in [1.165, 1.54) is 0 Å². The maximum Gasteiger partial charge on any atom is 2.00 e. The molecule has 0 aromatic rings. The van der Waals surface area contributed by atoms with Crippen LogP contribution in [-0.2, 0) is 0 Å². The van der Waals surface area contributed by atoms with Gasteiger partial charge in [-0.25, -0.2) is 0 Å². The van der Waals surface area contributed by atoms with E-state index >= 15 is 0 Å². The molecule has 0 aliphatic rings. The van der Waals surface area contributed by atoms with Crippen LogP contribution >= 0.6 is 0 Å². The van der Waals surface area contributed by atoms with Crippen LogP contribution in [0.3, 0.4) is 0 Å². The molecule has 0 aliphatic heterocycles. The van der Waals surface area contributed by atoms with Crippen LogP contribution in [0.15, 0.2) is 0 Å². The molecule has 0 saturated carbocycles. The summed E-state index contributed by atoms with van der Waals surface area (Å²) in [5.41, 5.74) is 4.39. The Bertz CT molecular complexity index is 17.1. The second-order valence-corrected chi connectivity index (χ2v) is 0.167. The molecule has 0 amide bonds. The average Bonchev–Trinajstić information content (AvgIpc) is 0.918. The van der Waals surface area contributed by atoms with Crippen LogP contribution in [0.1, 0.15) is 0 Å². The summed E-state index contributed by atoms with van der Waals surface area (Å²) in [6, 6.07) is 0. The van der Waals surface area contributed by atoms with E-state index in [9.17, 15) is 0 Å². The molecule has 0 heterocycles. The third-order valence-electron chi connectivity index (χ3n) is 0. The van der Waals surface area contributed by atoms with E-state index in [-0.39, 0.29) is 96.2 Å². The van der Waals surface area contributed by atoms with Crippen molar-refractivity contribution in [2.45, 2.75) is 0 Å². The quantitative estimate of drug-likeness (QED) is 0.251. The van der Waals surface area contributed by atoms with Crippen LogP contribution in [0.25, 0.3) is 0 Å². The molecular weight excluding hydrogens is 380 g/mol. The fourth-order valence-corrected chi connectivity index (χ4v) is 0. The van der Waals surface area contributed by atoms with Gasteiger partial charge < -0.3 is 5.73 Å². The molecule has 0 aromatic carbocycles. The molecule has 0 spiro atoms. The molecule has 0 bridgehead atoms. The van der Waals surface area contributed by atoms with Gasteiger partial charge in [0, 0.05) is 0 Å². The Labute approximate surface area is 110 Å². The summed E-state index contributed by atoms with van der Waals surface area (Å²) in [4.78, 5) is 0. The maximum absolute atomic E-state index is 5.86. The molecule has 2 radical (unpaired) electrons. The second kappa shape index (κ2) is 16.1. The minimum atomic E-state index is 0. The van der Waals surface area contributed by atoms with Gasteiger partial charge in [0.2, 0.25) is 0 Å². The summed E-state index contributed by atoms with van der Waals surface area (Å²) in [6.07, 6.45) is 0.750. The topological polar surface area (TPSA) is 49.9 Å². The van der Waals surface area contributed by atoms with Crippen molar-refractivity contribution in [3.8, 4) is 0 Å². The van der Waals surface area contributed by atoms with Crippen molar-refractivity contribution in [2.24, 2.45) is 5.73 Å². The van der Waals surface area contributed by atoms with Crippen molar-refractivity contribution in [2.75, 3.05) is 0 Å². The predicted octanol–water partition coefficient (Wildman–Crippen LogP) is -3.82. The Kier molecular flexibility index (Phi) is 50.4. The molecule has 0 aromatic heterocycles. The van der Waals surface area contributed by atoms with Gasteiger partial charge >= 0.3 is 96.2 Å². The third kappa shape index (κ3) is 21.3. The number of hydrogen-bond acceptors (Lipinski definition) is 1. The fourth-order valence-electron chi connectivity index (χ4n) is 0. The summed E-state index contributed by atoms with van der Waals surface area (Å²) in [5.74, 6) is 0. The molecule has 0 fully saturated rings. The second-order valence-electron chi connectivity index (χ2n) is 0.167. The minimum absolute atomic E-state index is 0. The van der Waals surface area contributed by atoms with Crippen molar-refractivity contribution < 1.29 is 68.9 Å². The zero-order valence-electron chi connectivity index (χ0n) is 3.15. The first-order valence-electron chi connectivity index (χ1n) is 0.622. The van der Waals surface area contributed by atoms with Crippen LogP contribution < -0.4 is 74.6 Å². The monoisotopic (exact) mass is 385 g/mol. The molecule has 4 heteroatoms. The van der Waals surface area contributed by atoms with Gasteiger partial charge in [-0.15, -0.1) is 0 Å². The van der Waals surface area contributed by atoms with Gasteiger partial charge in [0.25, 0.3) is 0 Å². The Morgan fingerprint density at radius 2 is 1.60 bits per heavy atom. The molecule has 20 valence electrons. The van der Waals surface area contributed by atoms with E-state index in [2.05, 4.69) is 5.73 Å². The van der Waals surface area contributed by atoms with Crippen LogP contribution in [0.5, 0.6) is 0 Å². The fraction of sp³-hybridized carbons (Fsp3) is 0. The third-order valence-corrected chi connectivity index (χ3v) is 0. The number of nitrogens with one attached hydrogen (secondary N) is 1. The first-order valence-corrected chi connectivity index (χ1v) is 0.622.